The molecule has 1 aromatic rings. The average molecular weight is 354 g/mol. The van der Waals surface area contributed by atoms with Crippen LogP contribution >= 0.6 is 0 Å². The van der Waals surface area contributed by atoms with E-state index in [0.29, 0.717) is 32.8 Å². The topological polar surface area (TPSA) is 67.2 Å². The maximum absolute atomic E-state index is 12.8. The second kappa shape index (κ2) is 10.7. The molecule has 0 aliphatic rings. The lowest BCUT2D eigenvalue weighted by molar-refractivity contribution is -0.133. The number of nitrogens with zero attached hydrogens (tertiary/aromatic N) is 4. The van der Waals surface area contributed by atoms with Crippen LogP contribution in [0.25, 0.3) is 0 Å². The SMILES string of the molecule is COCCN(Cc1cccn1C)C(=O)CN(CCOC)C(=O)N(C)C. The lowest BCUT2D eigenvalue weighted by atomic mass is 10.3. The Hall–Kier alpha value is -2.06. The number of amides is 3. The van der Waals surface area contributed by atoms with E-state index in [1.807, 2.05) is 29.9 Å². The van der Waals surface area contributed by atoms with Crippen LogP contribution in [0.4, 0.5) is 4.79 Å². The average Bonchev–Trinajstić information content (AvgIpc) is 2.99. The lowest BCUT2D eigenvalue weighted by Crippen LogP contribution is -2.48. The van der Waals surface area contributed by atoms with E-state index in [4.69, 9.17) is 9.47 Å². The Balaban J connectivity index is 2.82. The number of methoxy groups -OCH3 is 2. The molecule has 0 N–H and O–H groups in total. The molecular formula is C17H30N4O4. The number of aromatic nitrogens is 1. The Morgan fingerprint density at radius 2 is 1.68 bits per heavy atom. The fourth-order valence-corrected chi connectivity index (χ4v) is 2.34. The molecule has 1 aromatic heterocycles. The fourth-order valence-electron chi connectivity index (χ4n) is 2.34. The minimum atomic E-state index is -0.212. The molecule has 0 radical (unpaired) electrons. The van der Waals surface area contributed by atoms with Gasteiger partial charge in [0.2, 0.25) is 5.91 Å². The summed E-state index contributed by atoms with van der Waals surface area (Å²) in [7, 11) is 8.44. The summed E-state index contributed by atoms with van der Waals surface area (Å²) in [6.45, 7) is 2.13. The van der Waals surface area contributed by atoms with Gasteiger partial charge in [0.1, 0.15) is 6.54 Å². The first-order valence-corrected chi connectivity index (χ1v) is 8.22. The predicted molar refractivity (Wildman–Crippen MR) is 95.2 cm³/mol. The zero-order valence-electron chi connectivity index (χ0n) is 15.9. The number of urea groups is 1. The maximum Gasteiger partial charge on any atom is 0.320 e. The van der Waals surface area contributed by atoms with Gasteiger partial charge >= 0.3 is 6.03 Å². The summed E-state index contributed by atoms with van der Waals surface area (Å²) in [5.41, 5.74) is 1.02. The molecule has 0 fully saturated rings. The van der Waals surface area contributed by atoms with Gasteiger partial charge in [-0.2, -0.15) is 0 Å². The van der Waals surface area contributed by atoms with E-state index in [0.717, 1.165) is 5.69 Å². The normalized spacial score (nSPS) is 10.6. The van der Waals surface area contributed by atoms with Crippen LogP contribution in [0.5, 0.6) is 0 Å². The van der Waals surface area contributed by atoms with Crippen LogP contribution in [0.15, 0.2) is 18.3 Å². The Bertz CT molecular complexity index is 545. The predicted octanol–water partition coefficient (Wildman–Crippen LogP) is 0.630. The minimum Gasteiger partial charge on any atom is -0.383 e. The molecular weight excluding hydrogens is 324 g/mol. The van der Waals surface area contributed by atoms with Gasteiger partial charge < -0.3 is 28.7 Å². The van der Waals surface area contributed by atoms with E-state index >= 15 is 0 Å². The lowest BCUT2D eigenvalue weighted by Gasteiger charge is -2.29. The van der Waals surface area contributed by atoms with Crippen LogP contribution in [-0.4, -0.2) is 92.4 Å². The van der Waals surface area contributed by atoms with Crippen LogP contribution in [0, 0.1) is 0 Å². The molecule has 3 amide bonds. The molecule has 0 unspecified atom stereocenters. The van der Waals surface area contributed by atoms with Crippen molar-refractivity contribution in [3.8, 4) is 0 Å². The number of carbonyl (C=O) groups excluding carboxylic acids is 2. The summed E-state index contributed by atoms with van der Waals surface area (Å²) in [5, 5.41) is 0. The van der Waals surface area contributed by atoms with Crippen LogP contribution in [0.1, 0.15) is 5.69 Å². The number of carbonyl (C=O) groups is 2. The van der Waals surface area contributed by atoms with Gasteiger partial charge in [-0.05, 0) is 12.1 Å². The summed E-state index contributed by atoms with van der Waals surface area (Å²) in [6, 6.07) is 3.70. The molecule has 0 bridgehead atoms. The first-order chi connectivity index (χ1) is 11.9. The molecule has 0 saturated carbocycles. The van der Waals surface area contributed by atoms with Gasteiger partial charge in [0.25, 0.3) is 0 Å². The maximum atomic E-state index is 12.8. The van der Waals surface area contributed by atoms with Gasteiger partial charge in [0.15, 0.2) is 0 Å². The zero-order chi connectivity index (χ0) is 18.8. The molecule has 0 saturated heterocycles. The molecule has 25 heavy (non-hydrogen) atoms. The van der Waals surface area contributed by atoms with Gasteiger partial charge in [-0.1, -0.05) is 0 Å². The number of hydrogen-bond acceptors (Lipinski definition) is 4. The van der Waals surface area contributed by atoms with E-state index in [1.54, 1.807) is 33.2 Å². The highest BCUT2D eigenvalue weighted by Crippen LogP contribution is 2.07. The molecule has 1 heterocycles. The van der Waals surface area contributed by atoms with Crippen molar-refractivity contribution < 1.29 is 19.1 Å². The molecule has 0 atom stereocenters. The number of hydrogen-bond donors (Lipinski definition) is 0. The molecule has 8 nitrogen and oxygen atoms in total. The van der Waals surface area contributed by atoms with Crippen LogP contribution in [-0.2, 0) is 27.9 Å². The summed E-state index contributed by atoms with van der Waals surface area (Å²) in [4.78, 5) is 29.7. The van der Waals surface area contributed by atoms with E-state index < -0.39 is 0 Å². The molecule has 0 spiro atoms. The Labute approximate surface area is 149 Å². The van der Waals surface area contributed by atoms with Crippen molar-refractivity contribution in [3.05, 3.63) is 24.0 Å². The zero-order valence-corrected chi connectivity index (χ0v) is 15.9. The van der Waals surface area contributed by atoms with Gasteiger partial charge in [0, 0.05) is 60.3 Å². The largest absolute Gasteiger partial charge is 0.383 e. The quantitative estimate of drug-likeness (QED) is 0.618. The second-order valence-corrected chi connectivity index (χ2v) is 6.01. The summed E-state index contributed by atoms with van der Waals surface area (Å²) in [6.07, 6.45) is 1.94. The van der Waals surface area contributed by atoms with Gasteiger partial charge in [-0.15, -0.1) is 0 Å². The van der Waals surface area contributed by atoms with Crippen LogP contribution in [0.3, 0.4) is 0 Å². The third-order valence-electron chi connectivity index (χ3n) is 3.87. The fraction of sp³-hybridized carbons (Fsp3) is 0.647. The van der Waals surface area contributed by atoms with E-state index in [1.165, 1.54) is 9.80 Å². The Kier molecular flexibility index (Phi) is 9.01. The highest BCUT2D eigenvalue weighted by molar-refractivity contribution is 5.84. The first-order valence-electron chi connectivity index (χ1n) is 8.22. The van der Waals surface area contributed by atoms with Crippen molar-refractivity contribution in [2.75, 3.05) is 61.2 Å². The summed E-state index contributed by atoms with van der Waals surface area (Å²) in [5.74, 6) is -0.121. The van der Waals surface area contributed by atoms with E-state index in [2.05, 4.69) is 0 Å². The second-order valence-electron chi connectivity index (χ2n) is 6.01. The monoisotopic (exact) mass is 354 g/mol. The highest BCUT2D eigenvalue weighted by atomic mass is 16.5. The molecule has 8 heteroatoms. The number of rotatable bonds is 10. The number of aryl methyl sites for hydroxylation is 1. The van der Waals surface area contributed by atoms with Crippen molar-refractivity contribution in [1.29, 1.82) is 0 Å². The number of ether oxygens (including phenoxy) is 2. The van der Waals surface area contributed by atoms with Crippen LogP contribution in [0.2, 0.25) is 0 Å². The van der Waals surface area contributed by atoms with Crippen LogP contribution < -0.4 is 0 Å². The Morgan fingerprint density at radius 1 is 1.08 bits per heavy atom. The molecule has 142 valence electrons. The van der Waals surface area contributed by atoms with Crippen molar-refractivity contribution in [2.24, 2.45) is 7.05 Å². The van der Waals surface area contributed by atoms with Gasteiger partial charge in [-0.25, -0.2) is 4.79 Å². The van der Waals surface area contributed by atoms with Crippen molar-refractivity contribution in [1.82, 2.24) is 19.3 Å². The molecule has 1 rings (SSSR count). The highest BCUT2D eigenvalue weighted by Gasteiger charge is 2.22. The van der Waals surface area contributed by atoms with Crippen molar-refractivity contribution in [2.45, 2.75) is 6.54 Å². The smallest absolute Gasteiger partial charge is 0.320 e. The third-order valence-corrected chi connectivity index (χ3v) is 3.87. The van der Waals surface area contributed by atoms with Crippen molar-refractivity contribution >= 4 is 11.9 Å². The van der Waals surface area contributed by atoms with E-state index in [-0.39, 0.29) is 18.5 Å². The summed E-state index contributed by atoms with van der Waals surface area (Å²) < 4.78 is 12.1. The van der Waals surface area contributed by atoms with Gasteiger partial charge in [-0.3, -0.25) is 4.79 Å². The van der Waals surface area contributed by atoms with E-state index in [9.17, 15) is 9.59 Å². The Morgan fingerprint density at radius 3 is 2.16 bits per heavy atom. The molecule has 0 aromatic carbocycles. The third kappa shape index (κ3) is 6.75. The molecule has 0 aliphatic heterocycles. The van der Waals surface area contributed by atoms with Gasteiger partial charge in [0.05, 0.1) is 19.8 Å². The minimum absolute atomic E-state index is 0.00844. The summed E-state index contributed by atoms with van der Waals surface area (Å²) >= 11 is 0. The first kappa shape index (κ1) is 21.0. The van der Waals surface area contributed by atoms with Crippen molar-refractivity contribution in [3.63, 3.8) is 0 Å². The molecule has 0 aliphatic carbocycles. The standard InChI is InChI=1S/C17H30N4O4/c1-18(2)17(23)21(10-12-25-5)14-16(22)20(9-11-24-4)13-15-7-6-8-19(15)3/h6-8H,9-14H2,1-5H3.